The van der Waals surface area contributed by atoms with E-state index < -0.39 is 6.04 Å². The number of nitrogens with zero attached hydrogens (tertiary/aromatic N) is 5. The summed E-state index contributed by atoms with van der Waals surface area (Å²) in [5, 5.41) is 14.0. The molecular weight excluding hydrogens is 512 g/mol. The molecule has 7 nitrogen and oxygen atoms in total. The maximum atomic E-state index is 13.2. The Morgan fingerprint density at radius 1 is 1.11 bits per heavy atom. The van der Waals surface area contributed by atoms with Crippen molar-refractivity contribution in [1.29, 1.82) is 0 Å². The number of thiazole rings is 1. The number of nitrogens with one attached hydrogen (secondary N) is 1. The van der Waals surface area contributed by atoms with Gasteiger partial charge in [-0.05, 0) is 43.7 Å². The van der Waals surface area contributed by atoms with Crippen LogP contribution in [0.3, 0.4) is 0 Å². The van der Waals surface area contributed by atoms with Crippen LogP contribution in [0.2, 0.25) is 5.02 Å². The number of hydrogen-bond donors (Lipinski definition) is 1. The third kappa shape index (κ3) is 4.13. The number of aliphatic imine (C=N–C) groups is 1. The molecule has 2 aromatic carbocycles. The maximum absolute atomic E-state index is 13.2. The van der Waals surface area contributed by atoms with E-state index in [1.54, 1.807) is 11.3 Å². The van der Waals surface area contributed by atoms with E-state index in [-0.39, 0.29) is 12.3 Å². The summed E-state index contributed by atoms with van der Waals surface area (Å²) in [4.78, 5) is 24.1. The van der Waals surface area contributed by atoms with E-state index in [1.165, 1.54) is 16.2 Å². The summed E-state index contributed by atoms with van der Waals surface area (Å²) in [6.45, 7) is 4.07. The lowest BCUT2D eigenvalue weighted by Gasteiger charge is -2.12. The Kier molecular flexibility index (Phi) is 5.91. The average Bonchev–Trinajstić information content (AvgIpc) is 3.56. The van der Waals surface area contributed by atoms with Crippen molar-refractivity contribution in [3.63, 3.8) is 0 Å². The minimum absolute atomic E-state index is 0.112. The number of fused-ring (bicyclic) bond motifs is 4. The Labute approximate surface area is 220 Å². The molecule has 5 aromatic rings. The van der Waals surface area contributed by atoms with E-state index in [4.69, 9.17) is 16.6 Å². The molecule has 0 fully saturated rings. The van der Waals surface area contributed by atoms with E-state index in [2.05, 4.69) is 33.5 Å². The van der Waals surface area contributed by atoms with Crippen molar-refractivity contribution >= 4 is 61.2 Å². The van der Waals surface area contributed by atoms with Gasteiger partial charge >= 0.3 is 0 Å². The van der Waals surface area contributed by atoms with Gasteiger partial charge in [-0.15, -0.1) is 21.5 Å². The summed E-state index contributed by atoms with van der Waals surface area (Å²) in [5.41, 5.74) is 3.63. The number of benzene rings is 2. The number of carbonyl (C=O) groups excluding carboxylic acids is 1. The van der Waals surface area contributed by atoms with Gasteiger partial charge in [0.05, 0.1) is 22.3 Å². The molecule has 3 aromatic heterocycles. The summed E-state index contributed by atoms with van der Waals surface area (Å²) < 4.78 is 3.07. The number of anilines is 1. The van der Waals surface area contributed by atoms with Crippen LogP contribution in [0.25, 0.3) is 15.2 Å². The lowest BCUT2D eigenvalue weighted by atomic mass is 10.0. The molecule has 1 atom stereocenters. The number of aromatic nitrogens is 4. The topological polar surface area (TPSA) is 85.1 Å². The number of para-hydroxylation sites is 1. The van der Waals surface area contributed by atoms with E-state index >= 15 is 0 Å². The van der Waals surface area contributed by atoms with Gasteiger partial charge in [0.25, 0.3) is 0 Å². The van der Waals surface area contributed by atoms with E-state index in [0.29, 0.717) is 16.0 Å². The van der Waals surface area contributed by atoms with Crippen molar-refractivity contribution in [2.75, 3.05) is 5.32 Å². The monoisotopic (exact) mass is 532 g/mol. The Hall–Kier alpha value is -3.40. The zero-order valence-electron chi connectivity index (χ0n) is 19.5. The van der Waals surface area contributed by atoms with Crippen LogP contribution >= 0.6 is 34.3 Å². The zero-order chi connectivity index (χ0) is 24.8. The standard InChI is InChI=1S/C26H21ClN6OS2/c1-3-17-12-18-23(15-8-10-16(27)11-9-15)28-20(24-32-31-14(2)33(24)25(18)35-17)13-22(34)30-26-29-19-6-4-5-7-21(19)36-26/h4-12,20H,3,13H2,1-2H3,(H,29,30,34). The largest absolute Gasteiger partial charge is 0.302 e. The SMILES string of the molecule is CCc1cc2c(s1)-n1c(C)nnc1C(CC(=O)Nc1nc3ccccc3s1)N=C2c1ccc(Cl)cc1. The minimum Gasteiger partial charge on any atom is -0.302 e. The molecule has 1 aliphatic heterocycles. The van der Waals surface area contributed by atoms with E-state index in [0.717, 1.165) is 44.3 Å². The maximum Gasteiger partial charge on any atom is 0.228 e. The second kappa shape index (κ2) is 9.24. The molecule has 1 amide bonds. The Bertz CT molecular complexity index is 1600. The number of rotatable bonds is 5. The highest BCUT2D eigenvalue weighted by Crippen LogP contribution is 2.37. The molecule has 1 unspecified atom stereocenters. The first-order chi connectivity index (χ1) is 17.5. The molecule has 0 bridgehead atoms. The number of carbonyl (C=O) groups is 1. The van der Waals surface area contributed by atoms with Gasteiger partial charge in [0.15, 0.2) is 11.0 Å². The second-order valence-corrected chi connectivity index (χ2v) is 11.0. The van der Waals surface area contributed by atoms with Crippen molar-refractivity contribution in [2.45, 2.75) is 32.7 Å². The first kappa shape index (κ1) is 23.0. The van der Waals surface area contributed by atoms with Gasteiger partial charge in [0, 0.05) is 21.0 Å². The average molecular weight is 533 g/mol. The highest BCUT2D eigenvalue weighted by molar-refractivity contribution is 7.22. The van der Waals surface area contributed by atoms with Crippen molar-refractivity contribution in [3.8, 4) is 5.00 Å². The molecular formula is C26H21ClN6OS2. The quantitative estimate of drug-likeness (QED) is 0.284. The fourth-order valence-electron chi connectivity index (χ4n) is 4.32. The second-order valence-electron chi connectivity index (χ2n) is 8.47. The summed E-state index contributed by atoms with van der Waals surface area (Å²) >= 11 is 9.33. The van der Waals surface area contributed by atoms with Gasteiger partial charge in [-0.3, -0.25) is 14.4 Å². The van der Waals surface area contributed by atoms with Crippen LogP contribution in [-0.4, -0.2) is 31.4 Å². The lowest BCUT2D eigenvalue weighted by molar-refractivity contribution is -0.116. The van der Waals surface area contributed by atoms with E-state index in [1.807, 2.05) is 60.0 Å². The zero-order valence-corrected chi connectivity index (χ0v) is 21.9. The number of aryl methyl sites for hydroxylation is 2. The van der Waals surface area contributed by atoms with Crippen LogP contribution in [0.15, 0.2) is 59.6 Å². The van der Waals surface area contributed by atoms with Crippen LogP contribution in [0, 0.1) is 6.92 Å². The normalized spacial score (nSPS) is 14.8. The Morgan fingerprint density at radius 2 is 1.92 bits per heavy atom. The van der Waals surface area contributed by atoms with Crippen LogP contribution < -0.4 is 5.32 Å². The molecule has 0 spiro atoms. The van der Waals surface area contributed by atoms with Crippen LogP contribution in [0.1, 0.15) is 47.0 Å². The van der Waals surface area contributed by atoms with Gasteiger partial charge in [0.1, 0.15) is 16.9 Å². The van der Waals surface area contributed by atoms with Gasteiger partial charge in [-0.25, -0.2) is 4.98 Å². The highest BCUT2D eigenvalue weighted by Gasteiger charge is 2.31. The van der Waals surface area contributed by atoms with Gasteiger partial charge in [0.2, 0.25) is 5.91 Å². The molecule has 6 rings (SSSR count). The molecule has 0 saturated carbocycles. The van der Waals surface area contributed by atoms with Crippen LogP contribution in [0.5, 0.6) is 0 Å². The number of hydrogen-bond acceptors (Lipinski definition) is 7. The van der Waals surface area contributed by atoms with E-state index in [9.17, 15) is 4.79 Å². The van der Waals surface area contributed by atoms with Crippen molar-refractivity contribution in [1.82, 2.24) is 19.7 Å². The molecule has 4 heterocycles. The van der Waals surface area contributed by atoms with Gasteiger partial charge < -0.3 is 5.32 Å². The first-order valence-corrected chi connectivity index (χ1v) is 13.6. The smallest absolute Gasteiger partial charge is 0.228 e. The molecule has 180 valence electrons. The predicted octanol–water partition coefficient (Wildman–Crippen LogP) is 6.38. The number of thiophene rings is 1. The van der Waals surface area contributed by atoms with Crippen molar-refractivity contribution in [3.05, 3.63) is 87.3 Å². The number of amides is 1. The summed E-state index contributed by atoms with van der Waals surface area (Å²) in [7, 11) is 0. The van der Waals surface area contributed by atoms with Gasteiger partial charge in [-0.1, -0.05) is 54.1 Å². The number of halogens is 1. The lowest BCUT2D eigenvalue weighted by Crippen LogP contribution is -2.17. The minimum atomic E-state index is -0.518. The third-order valence-electron chi connectivity index (χ3n) is 6.04. The fraction of sp³-hybridized carbons (Fsp3) is 0.192. The third-order valence-corrected chi connectivity index (χ3v) is 8.51. The first-order valence-electron chi connectivity index (χ1n) is 11.5. The molecule has 1 N–H and O–H groups in total. The van der Waals surface area contributed by atoms with Crippen molar-refractivity contribution < 1.29 is 4.79 Å². The van der Waals surface area contributed by atoms with Crippen LogP contribution in [0.4, 0.5) is 5.13 Å². The molecule has 0 saturated heterocycles. The summed E-state index contributed by atoms with van der Waals surface area (Å²) in [6, 6.07) is 17.1. The molecule has 36 heavy (non-hydrogen) atoms. The Balaban J connectivity index is 1.41. The fourth-order valence-corrected chi connectivity index (χ4v) is 6.48. The molecule has 10 heteroatoms. The summed E-state index contributed by atoms with van der Waals surface area (Å²) in [5.74, 6) is 1.24. The Morgan fingerprint density at radius 3 is 2.69 bits per heavy atom. The molecule has 0 aliphatic carbocycles. The highest BCUT2D eigenvalue weighted by atomic mass is 35.5. The predicted molar refractivity (Wildman–Crippen MR) is 146 cm³/mol. The van der Waals surface area contributed by atoms with Crippen molar-refractivity contribution in [2.24, 2.45) is 4.99 Å². The van der Waals surface area contributed by atoms with Crippen LogP contribution in [-0.2, 0) is 11.2 Å². The molecule has 1 aliphatic rings. The summed E-state index contributed by atoms with van der Waals surface area (Å²) in [6.07, 6.45) is 1.02. The molecule has 0 radical (unpaired) electrons. The van der Waals surface area contributed by atoms with Gasteiger partial charge in [-0.2, -0.15) is 0 Å².